The van der Waals surface area contributed by atoms with Crippen molar-refractivity contribution in [2.45, 2.75) is 26.7 Å². The third kappa shape index (κ3) is 4.19. The molecule has 1 aromatic carbocycles. The number of halogens is 2. The zero-order chi connectivity index (χ0) is 19.6. The lowest BCUT2D eigenvalue weighted by molar-refractivity contribution is 0.406. The molecule has 0 aliphatic heterocycles. The summed E-state index contributed by atoms with van der Waals surface area (Å²) in [5.74, 6) is -1.69. The highest BCUT2D eigenvalue weighted by atomic mass is 19.1. The first-order valence-electron chi connectivity index (χ1n) is 8.56. The molecule has 0 bridgehead atoms. The molecular formula is C20H19F2N3O2. The predicted octanol–water partition coefficient (Wildman–Crippen LogP) is 4.17. The maximum Gasteiger partial charge on any atom is 0.322 e. The smallest absolute Gasteiger partial charge is 0.322 e. The van der Waals surface area contributed by atoms with Crippen LogP contribution in [0.5, 0.6) is 11.8 Å². The first kappa shape index (κ1) is 18.7. The quantitative estimate of drug-likeness (QED) is 0.675. The Hall–Kier alpha value is -3.09. The second-order valence-electron chi connectivity index (χ2n) is 6.28. The van der Waals surface area contributed by atoms with Crippen molar-refractivity contribution in [2.75, 3.05) is 0 Å². The third-order valence-corrected chi connectivity index (χ3v) is 4.02. The monoisotopic (exact) mass is 371 g/mol. The van der Waals surface area contributed by atoms with Crippen LogP contribution in [0.25, 0.3) is 11.3 Å². The van der Waals surface area contributed by atoms with Gasteiger partial charge in [-0.25, -0.2) is 8.78 Å². The average Bonchev–Trinajstić information content (AvgIpc) is 2.62. The van der Waals surface area contributed by atoms with Gasteiger partial charge in [-0.3, -0.25) is 4.79 Å². The van der Waals surface area contributed by atoms with Crippen molar-refractivity contribution in [2.24, 2.45) is 7.05 Å². The third-order valence-electron chi connectivity index (χ3n) is 4.02. The van der Waals surface area contributed by atoms with Crippen LogP contribution in [0.4, 0.5) is 8.78 Å². The molecule has 0 saturated carbocycles. The summed E-state index contributed by atoms with van der Waals surface area (Å²) in [5.41, 5.74) is 2.50. The fourth-order valence-corrected chi connectivity index (χ4v) is 2.73. The van der Waals surface area contributed by atoms with E-state index >= 15 is 0 Å². The van der Waals surface area contributed by atoms with Crippen molar-refractivity contribution in [1.82, 2.24) is 14.5 Å². The Morgan fingerprint density at radius 1 is 1.15 bits per heavy atom. The summed E-state index contributed by atoms with van der Waals surface area (Å²) < 4.78 is 33.9. The summed E-state index contributed by atoms with van der Waals surface area (Å²) in [5, 5.41) is 0. The minimum absolute atomic E-state index is 0.0343. The molecule has 2 heterocycles. The van der Waals surface area contributed by atoms with Crippen LogP contribution in [0.3, 0.4) is 0 Å². The molecule has 7 heteroatoms. The number of pyridine rings is 1. The van der Waals surface area contributed by atoms with Gasteiger partial charge in [-0.2, -0.15) is 9.97 Å². The van der Waals surface area contributed by atoms with E-state index in [1.165, 1.54) is 10.6 Å². The number of hydrogen-bond acceptors (Lipinski definition) is 4. The number of aromatic nitrogens is 3. The van der Waals surface area contributed by atoms with Gasteiger partial charge in [0.1, 0.15) is 5.82 Å². The van der Waals surface area contributed by atoms with Gasteiger partial charge in [0.25, 0.3) is 5.56 Å². The van der Waals surface area contributed by atoms with E-state index in [-0.39, 0.29) is 17.3 Å². The van der Waals surface area contributed by atoms with Gasteiger partial charge in [0, 0.05) is 36.1 Å². The summed E-state index contributed by atoms with van der Waals surface area (Å²) >= 11 is 0. The number of benzene rings is 1. The van der Waals surface area contributed by atoms with Crippen LogP contribution in [-0.4, -0.2) is 14.5 Å². The summed E-state index contributed by atoms with van der Waals surface area (Å²) in [6, 6.07) is 6.55. The molecule has 5 nitrogen and oxygen atoms in total. The second-order valence-corrected chi connectivity index (χ2v) is 6.28. The van der Waals surface area contributed by atoms with E-state index in [0.29, 0.717) is 17.7 Å². The Bertz CT molecular complexity index is 1020. The molecule has 0 fully saturated rings. The molecule has 0 saturated heterocycles. The first-order chi connectivity index (χ1) is 12.9. The van der Waals surface area contributed by atoms with Gasteiger partial charge in [-0.15, -0.1) is 0 Å². The number of rotatable bonds is 5. The lowest BCUT2D eigenvalue weighted by Gasteiger charge is -2.11. The normalized spacial score (nSPS) is 10.9. The van der Waals surface area contributed by atoms with E-state index in [4.69, 9.17) is 4.74 Å². The number of aryl methyl sites for hydroxylation is 3. The zero-order valence-corrected chi connectivity index (χ0v) is 15.3. The Labute approximate surface area is 155 Å². The second kappa shape index (κ2) is 7.65. The van der Waals surface area contributed by atoms with Crippen molar-refractivity contribution < 1.29 is 13.5 Å². The van der Waals surface area contributed by atoms with E-state index in [9.17, 15) is 13.6 Å². The maximum absolute atomic E-state index is 13.9. The molecule has 0 N–H and O–H groups in total. The molecule has 2 aromatic heterocycles. The lowest BCUT2D eigenvalue weighted by Crippen LogP contribution is -2.18. The number of hydrogen-bond donors (Lipinski definition) is 0. The summed E-state index contributed by atoms with van der Waals surface area (Å²) in [4.78, 5) is 20.6. The van der Waals surface area contributed by atoms with Gasteiger partial charge >= 0.3 is 6.01 Å². The van der Waals surface area contributed by atoms with Gasteiger partial charge in [0.2, 0.25) is 0 Å². The molecular weight excluding hydrogens is 352 g/mol. The Morgan fingerprint density at radius 3 is 2.59 bits per heavy atom. The fraction of sp³-hybridized carbons (Fsp3) is 0.250. The van der Waals surface area contributed by atoms with Gasteiger partial charge in [-0.1, -0.05) is 13.3 Å². The molecule has 0 radical (unpaired) electrons. The van der Waals surface area contributed by atoms with Crippen molar-refractivity contribution >= 4 is 0 Å². The SMILES string of the molecule is CCCc1cc(-c2cc(C)c(=O)n(C)c2)nc(Oc2ccc(F)cc2F)n1. The Morgan fingerprint density at radius 2 is 1.93 bits per heavy atom. The molecule has 0 atom stereocenters. The largest absolute Gasteiger partial charge is 0.421 e. The molecule has 140 valence electrons. The maximum atomic E-state index is 13.9. The standard InChI is InChI=1S/C20H19F2N3O2/c1-4-5-15-10-17(13-8-12(2)19(26)25(3)11-13)24-20(23-15)27-18-7-6-14(21)9-16(18)22/h6-11H,4-5H2,1-3H3. The molecule has 0 unspecified atom stereocenters. The summed E-state index contributed by atoms with van der Waals surface area (Å²) in [6.45, 7) is 3.74. The molecule has 0 spiro atoms. The van der Waals surface area contributed by atoms with Crippen LogP contribution < -0.4 is 10.3 Å². The van der Waals surface area contributed by atoms with Crippen molar-refractivity contribution in [3.63, 3.8) is 0 Å². The number of ether oxygens (including phenoxy) is 1. The van der Waals surface area contributed by atoms with E-state index in [1.807, 2.05) is 13.0 Å². The van der Waals surface area contributed by atoms with Gasteiger partial charge in [0.05, 0.1) is 5.69 Å². The molecule has 3 rings (SSSR count). The molecule has 0 aliphatic rings. The van der Waals surface area contributed by atoms with Crippen LogP contribution in [0, 0.1) is 18.6 Å². The lowest BCUT2D eigenvalue weighted by atomic mass is 10.1. The Kier molecular flexibility index (Phi) is 5.30. The minimum Gasteiger partial charge on any atom is -0.421 e. The van der Waals surface area contributed by atoms with Crippen molar-refractivity contribution in [3.05, 3.63) is 69.8 Å². The van der Waals surface area contributed by atoms with Gasteiger partial charge in [-0.05, 0) is 37.6 Å². The van der Waals surface area contributed by atoms with Crippen LogP contribution in [0.1, 0.15) is 24.6 Å². The molecule has 0 aliphatic carbocycles. The van der Waals surface area contributed by atoms with Crippen LogP contribution in [-0.2, 0) is 13.5 Å². The molecule has 3 aromatic rings. The first-order valence-corrected chi connectivity index (χ1v) is 8.56. The van der Waals surface area contributed by atoms with E-state index in [0.717, 1.165) is 29.8 Å². The van der Waals surface area contributed by atoms with Crippen molar-refractivity contribution in [1.29, 1.82) is 0 Å². The highest BCUT2D eigenvalue weighted by molar-refractivity contribution is 5.59. The van der Waals surface area contributed by atoms with Crippen LogP contribution >= 0.6 is 0 Å². The van der Waals surface area contributed by atoms with Gasteiger partial charge < -0.3 is 9.30 Å². The molecule has 27 heavy (non-hydrogen) atoms. The average molecular weight is 371 g/mol. The van der Waals surface area contributed by atoms with E-state index in [2.05, 4.69) is 9.97 Å². The van der Waals surface area contributed by atoms with Crippen LogP contribution in [0.15, 0.2) is 41.3 Å². The highest BCUT2D eigenvalue weighted by Crippen LogP contribution is 2.26. The topological polar surface area (TPSA) is 57.0 Å². The number of nitrogens with zero attached hydrogens (tertiary/aromatic N) is 3. The van der Waals surface area contributed by atoms with Crippen molar-refractivity contribution in [3.8, 4) is 23.0 Å². The summed E-state index contributed by atoms with van der Waals surface area (Å²) in [6.07, 6.45) is 3.21. The molecule has 0 amide bonds. The fourth-order valence-electron chi connectivity index (χ4n) is 2.73. The van der Waals surface area contributed by atoms with Crippen LogP contribution in [0.2, 0.25) is 0 Å². The van der Waals surface area contributed by atoms with E-state index in [1.54, 1.807) is 26.2 Å². The highest BCUT2D eigenvalue weighted by Gasteiger charge is 2.13. The van der Waals surface area contributed by atoms with Gasteiger partial charge in [0.15, 0.2) is 11.6 Å². The zero-order valence-electron chi connectivity index (χ0n) is 15.3. The van der Waals surface area contributed by atoms with E-state index < -0.39 is 11.6 Å². The Balaban J connectivity index is 2.06. The summed E-state index contributed by atoms with van der Waals surface area (Å²) in [7, 11) is 1.66. The minimum atomic E-state index is -0.834. The predicted molar refractivity (Wildman–Crippen MR) is 97.9 cm³/mol.